The largest absolute Gasteiger partial charge is 0.468 e. The summed E-state index contributed by atoms with van der Waals surface area (Å²) in [6, 6.07) is 4.03. The molecule has 0 bridgehead atoms. The third-order valence-corrected chi connectivity index (χ3v) is 3.21. The van der Waals surface area contributed by atoms with Crippen molar-refractivity contribution >= 4 is 0 Å². The van der Waals surface area contributed by atoms with Crippen molar-refractivity contribution in [2.24, 2.45) is 0 Å². The molecule has 0 aliphatic carbocycles. The Kier molecular flexibility index (Phi) is 5.03. The summed E-state index contributed by atoms with van der Waals surface area (Å²) in [4.78, 5) is 0. The second-order valence-corrected chi connectivity index (χ2v) is 4.27. The van der Waals surface area contributed by atoms with Gasteiger partial charge in [0.05, 0.1) is 17.9 Å². The van der Waals surface area contributed by atoms with E-state index in [1.807, 2.05) is 12.1 Å². The molecule has 1 aromatic heterocycles. The number of hydrogen-bond donors (Lipinski definition) is 1. The van der Waals surface area contributed by atoms with Crippen LogP contribution in [-0.2, 0) is 4.74 Å². The summed E-state index contributed by atoms with van der Waals surface area (Å²) < 4.78 is 11.1. The Bertz CT molecular complexity index is 278. The predicted molar refractivity (Wildman–Crippen MR) is 65.4 cm³/mol. The van der Waals surface area contributed by atoms with Crippen molar-refractivity contribution in [3.63, 3.8) is 0 Å². The highest BCUT2D eigenvalue weighted by Gasteiger charge is 2.35. The molecule has 3 heteroatoms. The Morgan fingerprint density at radius 1 is 1.50 bits per heavy atom. The third kappa shape index (κ3) is 2.86. The van der Waals surface area contributed by atoms with Gasteiger partial charge in [0.25, 0.3) is 0 Å². The van der Waals surface area contributed by atoms with Crippen molar-refractivity contribution in [3.05, 3.63) is 24.2 Å². The van der Waals surface area contributed by atoms with Crippen molar-refractivity contribution in [1.82, 2.24) is 5.32 Å². The van der Waals surface area contributed by atoms with Crippen LogP contribution in [0.4, 0.5) is 0 Å². The molecule has 0 saturated carbocycles. The molecule has 0 amide bonds. The molecule has 1 N–H and O–H groups in total. The Labute approximate surface area is 98.2 Å². The average molecular weight is 225 g/mol. The van der Waals surface area contributed by atoms with Crippen molar-refractivity contribution in [3.8, 4) is 0 Å². The summed E-state index contributed by atoms with van der Waals surface area (Å²) in [6.07, 6.45) is 3.74. The Hall–Kier alpha value is -0.800. The highest BCUT2D eigenvalue weighted by atomic mass is 16.5. The maximum atomic E-state index is 5.65. The molecule has 0 spiro atoms. The summed E-state index contributed by atoms with van der Waals surface area (Å²) in [5.74, 6) is 0.944. The van der Waals surface area contributed by atoms with E-state index in [1.165, 1.54) is 0 Å². The van der Waals surface area contributed by atoms with Crippen LogP contribution in [0.5, 0.6) is 0 Å². The van der Waals surface area contributed by atoms with Crippen molar-refractivity contribution < 1.29 is 9.15 Å². The lowest BCUT2D eigenvalue weighted by Crippen LogP contribution is -2.43. The normalized spacial score (nSPS) is 17.0. The predicted octanol–water partition coefficient (Wildman–Crippen LogP) is 3.14. The van der Waals surface area contributed by atoms with Crippen LogP contribution in [0, 0.1) is 0 Å². The van der Waals surface area contributed by atoms with Gasteiger partial charge in [-0.05, 0) is 38.4 Å². The fraction of sp³-hybridized carbons (Fsp3) is 0.692. The van der Waals surface area contributed by atoms with E-state index in [0.29, 0.717) is 0 Å². The number of methoxy groups -OCH3 is 1. The molecule has 3 nitrogen and oxygen atoms in total. The molecule has 0 aromatic carbocycles. The number of furan rings is 1. The molecule has 2 atom stereocenters. The lowest BCUT2D eigenvalue weighted by atomic mass is 9.91. The first-order chi connectivity index (χ1) is 7.68. The zero-order valence-corrected chi connectivity index (χ0v) is 10.7. The summed E-state index contributed by atoms with van der Waals surface area (Å²) in [7, 11) is 1.76. The van der Waals surface area contributed by atoms with Gasteiger partial charge in [-0.1, -0.05) is 13.8 Å². The molecule has 0 fully saturated rings. The maximum absolute atomic E-state index is 5.65. The van der Waals surface area contributed by atoms with Crippen LogP contribution in [0.3, 0.4) is 0 Å². The average Bonchev–Trinajstić information content (AvgIpc) is 2.82. The number of ether oxygens (including phenoxy) is 1. The van der Waals surface area contributed by atoms with Gasteiger partial charge in [0.1, 0.15) is 5.76 Å². The second kappa shape index (κ2) is 6.06. The van der Waals surface area contributed by atoms with E-state index < -0.39 is 0 Å². The zero-order valence-electron chi connectivity index (χ0n) is 10.7. The summed E-state index contributed by atoms with van der Waals surface area (Å²) in [6.45, 7) is 7.36. The second-order valence-electron chi connectivity index (χ2n) is 4.27. The van der Waals surface area contributed by atoms with Gasteiger partial charge in [0.15, 0.2) is 0 Å². The van der Waals surface area contributed by atoms with Crippen LogP contribution in [0.15, 0.2) is 22.8 Å². The first-order valence-electron chi connectivity index (χ1n) is 5.99. The van der Waals surface area contributed by atoms with Crippen LogP contribution >= 0.6 is 0 Å². The summed E-state index contributed by atoms with van der Waals surface area (Å²) in [5, 5.41) is 3.50. The lowest BCUT2D eigenvalue weighted by molar-refractivity contribution is -0.0353. The highest BCUT2D eigenvalue weighted by Crippen LogP contribution is 2.31. The van der Waals surface area contributed by atoms with Crippen molar-refractivity contribution in [1.29, 1.82) is 0 Å². The standard InChI is InChI=1S/C13H23NO2/c1-5-9-14-12(11-8-7-10-16-11)13(3,6-2)15-4/h7-8,10,12,14H,5-6,9H2,1-4H3. The van der Waals surface area contributed by atoms with Gasteiger partial charge in [-0.25, -0.2) is 0 Å². The molecular weight excluding hydrogens is 202 g/mol. The van der Waals surface area contributed by atoms with Crippen LogP contribution in [-0.4, -0.2) is 19.3 Å². The van der Waals surface area contributed by atoms with Gasteiger partial charge in [-0.2, -0.15) is 0 Å². The van der Waals surface area contributed by atoms with E-state index in [0.717, 1.165) is 25.1 Å². The summed E-state index contributed by atoms with van der Waals surface area (Å²) >= 11 is 0. The molecule has 0 radical (unpaired) electrons. The molecule has 1 heterocycles. The monoisotopic (exact) mass is 225 g/mol. The zero-order chi connectivity index (χ0) is 12.0. The van der Waals surface area contributed by atoms with E-state index in [2.05, 4.69) is 26.1 Å². The van der Waals surface area contributed by atoms with Crippen LogP contribution < -0.4 is 5.32 Å². The summed E-state index contributed by atoms with van der Waals surface area (Å²) in [5.41, 5.74) is -0.229. The molecule has 92 valence electrons. The molecular formula is C13H23NO2. The van der Waals surface area contributed by atoms with Gasteiger partial charge in [-0.15, -0.1) is 0 Å². The molecule has 16 heavy (non-hydrogen) atoms. The van der Waals surface area contributed by atoms with Gasteiger partial charge in [0.2, 0.25) is 0 Å². The van der Waals surface area contributed by atoms with E-state index in [1.54, 1.807) is 13.4 Å². The lowest BCUT2D eigenvalue weighted by Gasteiger charge is -2.35. The van der Waals surface area contributed by atoms with Crippen LogP contribution in [0.2, 0.25) is 0 Å². The Morgan fingerprint density at radius 3 is 2.69 bits per heavy atom. The van der Waals surface area contributed by atoms with Gasteiger partial charge < -0.3 is 14.5 Å². The van der Waals surface area contributed by atoms with Crippen molar-refractivity contribution in [2.45, 2.75) is 45.3 Å². The number of rotatable bonds is 7. The molecule has 0 aliphatic rings. The number of nitrogens with one attached hydrogen (secondary N) is 1. The Balaban J connectivity index is 2.86. The van der Waals surface area contributed by atoms with Gasteiger partial charge >= 0.3 is 0 Å². The topological polar surface area (TPSA) is 34.4 Å². The third-order valence-electron chi connectivity index (χ3n) is 3.21. The van der Waals surface area contributed by atoms with Crippen molar-refractivity contribution in [2.75, 3.05) is 13.7 Å². The number of hydrogen-bond acceptors (Lipinski definition) is 3. The molecule has 1 rings (SSSR count). The smallest absolute Gasteiger partial charge is 0.123 e. The first-order valence-corrected chi connectivity index (χ1v) is 5.99. The fourth-order valence-corrected chi connectivity index (χ4v) is 1.83. The maximum Gasteiger partial charge on any atom is 0.123 e. The highest BCUT2D eigenvalue weighted by molar-refractivity contribution is 5.10. The van der Waals surface area contributed by atoms with E-state index in [-0.39, 0.29) is 11.6 Å². The minimum Gasteiger partial charge on any atom is -0.468 e. The van der Waals surface area contributed by atoms with Crippen LogP contribution in [0.1, 0.15) is 45.4 Å². The first kappa shape index (κ1) is 13.3. The van der Waals surface area contributed by atoms with E-state index in [4.69, 9.17) is 9.15 Å². The SMILES string of the molecule is CCCNC(c1ccco1)C(C)(CC)OC. The fourth-order valence-electron chi connectivity index (χ4n) is 1.83. The minimum atomic E-state index is -0.229. The van der Waals surface area contributed by atoms with Crippen LogP contribution in [0.25, 0.3) is 0 Å². The van der Waals surface area contributed by atoms with Gasteiger partial charge in [-0.3, -0.25) is 0 Å². The molecule has 0 aliphatic heterocycles. The minimum absolute atomic E-state index is 0.109. The van der Waals surface area contributed by atoms with E-state index in [9.17, 15) is 0 Å². The van der Waals surface area contributed by atoms with Gasteiger partial charge in [0, 0.05) is 7.11 Å². The molecule has 0 saturated heterocycles. The molecule has 1 aromatic rings. The Morgan fingerprint density at radius 2 is 2.25 bits per heavy atom. The van der Waals surface area contributed by atoms with E-state index >= 15 is 0 Å². The quantitative estimate of drug-likeness (QED) is 0.774. The molecule has 2 unspecified atom stereocenters.